The van der Waals surface area contributed by atoms with E-state index in [2.05, 4.69) is 10.3 Å². The standard InChI is InChI=1S/C29H23Cl2N3O6S2/c1-29(2)16-8-14(5-6-18(16)32-19-10-17(30)25(36)22(31)21(19)29)40-11-13-12-42-27-23(26(37)34(27)24(13)28(38)39)33-20(35)9-15-4-3-7-41-15/h3-8,10,23,27H,9,11-12H2,1-2H3,(H,33,35)(H,38,39). The van der Waals surface area contributed by atoms with Gasteiger partial charge in [-0.3, -0.25) is 19.3 Å². The van der Waals surface area contributed by atoms with Gasteiger partial charge in [0.15, 0.2) is 0 Å². The third kappa shape index (κ3) is 4.78. The molecule has 0 saturated carbocycles. The number of aliphatic imine (C=N–C) groups is 1. The lowest BCUT2D eigenvalue weighted by atomic mass is 9.71. The van der Waals surface area contributed by atoms with Gasteiger partial charge in [0.05, 0.1) is 27.9 Å². The molecule has 1 aromatic heterocycles. The van der Waals surface area contributed by atoms with E-state index in [-0.39, 0.29) is 34.7 Å². The summed E-state index contributed by atoms with van der Waals surface area (Å²) in [7, 11) is 0. The summed E-state index contributed by atoms with van der Waals surface area (Å²) in [5, 5.41) is 14.2. The Morgan fingerprint density at radius 2 is 2.02 bits per heavy atom. The van der Waals surface area contributed by atoms with E-state index in [1.807, 2.05) is 31.4 Å². The van der Waals surface area contributed by atoms with Crippen molar-refractivity contribution in [1.82, 2.24) is 10.2 Å². The average molecular weight is 645 g/mol. The SMILES string of the molecule is CC1(C)C2=C(Cl)C(=O)C(Cl)=CC2=Nc2ccc(OCC3=C(C(=O)O)N4C(=O)C(NC(=O)Cc5cccs5)C4SC3)cc21. The molecule has 2 atom stereocenters. The number of allylic oxidation sites excluding steroid dienone is 4. The molecule has 2 amide bonds. The molecule has 2 N–H and O–H groups in total. The number of carbonyl (C=O) groups excluding carboxylic acids is 3. The molecule has 42 heavy (non-hydrogen) atoms. The molecule has 0 radical (unpaired) electrons. The second kappa shape index (κ2) is 10.7. The van der Waals surface area contributed by atoms with Crippen molar-refractivity contribution >= 4 is 81.3 Å². The molecular weight excluding hydrogens is 621 g/mol. The van der Waals surface area contributed by atoms with E-state index in [4.69, 9.17) is 27.9 Å². The monoisotopic (exact) mass is 643 g/mol. The van der Waals surface area contributed by atoms with E-state index in [0.717, 1.165) is 10.4 Å². The summed E-state index contributed by atoms with van der Waals surface area (Å²) in [4.78, 5) is 56.9. The number of ketones is 1. The van der Waals surface area contributed by atoms with Crippen LogP contribution in [0.3, 0.4) is 0 Å². The summed E-state index contributed by atoms with van der Waals surface area (Å²) in [6.07, 6.45) is 1.68. The fraction of sp³-hybridized carbons (Fsp3) is 0.276. The Hall–Kier alpha value is -3.38. The Balaban J connectivity index is 1.20. The Kier molecular flexibility index (Phi) is 7.33. The molecule has 4 aliphatic rings. The number of amides is 2. The summed E-state index contributed by atoms with van der Waals surface area (Å²) in [6.45, 7) is 3.79. The molecule has 1 aromatic carbocycles. The van der Waals surface area contributed by atoms with Crippen LogP contribution in [0.15, 0.2) is 73.7 Å². The number of rotatable bonds is 7. The molecule has 1 aliphatic carbocycles. The highest BCUT2D eigenvalue weighted by Gasteiger charge is 2.54. The van der Waals surface area contributed by atoms with Gasteiger partial charge in [0.1, 0.15) is 29.5 Å². The Labute approximate surface area is 258 Å². The van der Waals surface area contributed by atoms with E-state index >= 15 is 0 Å². The van der Waals surface area contributed by atoms with Crippen molar-refractivity contribution in [1.29, 1.82) is 0 Å². The normalized spacial score (nSPS) is 22.4. The van der Waals surface area contributed by atoms with Gasteiger partial charge in [-0.15, -0.1) is 23.1 Å². The van der Waals surface area contributed by atoms with Crippen LogP contribution >= 0.6 is 46.3 Å². The van der Waals surface area contributed by atoms with Crippen molar-refractivity contribution in [3.63, 3.8) is 0 Å². The summed E-state index contributed by atoms with van der Waals surface area (Å²) < 4.78 is 6.04. The number of halogens is 2. The number of hydrogen-bond acceptors (Lipinski definition) is 8. The van der Waals surface area contributed by atoms with Gasteiger partial charge in [-0.05, 0) is 41.3 Å². The highest BCUT2D eigenvalue weighted by molar-refractivity contribution is 8.00. The summed E-state index contributed by atoms with van der Waals surface area (Å²) >= 11 is 15.3. The number of Topliss-reactive ketones (excluding diaryl/α,β-unsaturated/α-hetero) is 1. The van der Waals surface area contributed by atoms with Crippen LogP contribution in [0.4, 0.5) is 5.69 Å². The molecule has 2 unspecified atom stereocenters. The fourth-order valence-corrected chi connectivity index (χ4v) is 8.21. The molecule has 1 fully saturated rings. The minimum atomic E-state index is -1.24. The first-order valence-corrected chi connectivity index (χ1v) is 15.6. The minimum Gasteiger partial charge on any atom is -0.489 e. The number of β-lactam (4-membered cyclic amide) rings is 1. The molecule has 6 rings (SSSR count). The van der Waals surface area contributed by atoms with Gasteiger partial charge in [-0.25, -0.2) is 9.79 Å². The van der Waals surface area contributed by atoms with E-state index in [1.54, 1.807) is 18.2 Å². The highest BCUT2D eigenvalue weighted by Crippen LogP contribution is 2.48. The number of nitrogens with zero attached hydrogens (tertiary/aromatic N) is 2. The van der Waals surface area contributed by atoms with Crippen LogP contribution < -0.4 is 10.1 Å². The van der Waals surface area contributed by atoms with Crippen LogP contribution in [0, 0.1) is 0 Å². The largest absolute Gasteiger partial charge is 0.489 e. The zero-order valence-electron chi connectivity index (χ0n) is 22.3. The smallest absolute Gasteiger partial charge is 0.352 e. The van der Waals surface area contributed by atoms with E-state index < -0.39 is 34.5 Å². The number of nitrogens with one attached hydrogen (secondary N) is 1. The van der Waals surface area contributed by atoms with Crippen LogP contribution in [-0.4, -0.2) is 63.1 Å². The minimum absolute atomic E-state index is 0.00423. The number of hydrogen-bond donors (Lipinski definition) is 2. The van der Waals surface area contributed by atoms with Gasteiger partial charge in [0, 0.05) is 27.2 Å². The van der Waals surface area contributed by atoms with E-state index in [9.17, 15) is 24.3 Å². The maximum absolute atomic E-state index is 13.0. The summed E-state index contributed by atoms with van der Waals surface area (Å²) in [6, 6.07) is 8.21. The number of aliphatic carboxylic acids is 1. The number of carboxylic acids is 1. The maximum atomic E-state index is 13.0. The molecule has 1 saturated heterocycles. The predicted octanol–water partition coefficient (Wildman–Crippen LogP) is 4.67. The molecule has 216 valence electrons. The highest BCUT2D eigenvalue weighted by atomic mass is 35.5. The summed E-state index contributed by atoms with van der Waals surface area (Å²) in [5.74, 6) is -1.67. The number of benzene rings is 1. The number of ether oxygens (including phenoxy) is 1. The molecule has 3 aliphatic heterocycles. The van der Waals surface area contributed by atoms with Crippen LogP contribution in [0.5, 0.6) is 5.75 Å². The summed E-state index contributed by atoms with van der Waals surface area (Å²) in [5.41, 5.74) is 2.18. The van der Waals surface area contributed by atoms with Gasteiger partial charge in [-0.2, -0.15) is 0 Å². The lowest BCUT2D eigenvalue weighted by Crippen LogP contribution is -2.70. The first-order valence-electron chi connectivity index (χ1n) is 12.9. The van der Waals surface area contributed by atoms with Crippen molar-refractivity contribution in [2.75, 3.05) is 12.4 Å². The Bertz CT molecular complexity index is 1690. The molecule has 0 bridgehead atoms. The van der Waals surface area contributed by atoms with Crippen LogP contribution in [0.2, 0.25) is 0 Å². The molecular formula is C29H23Cl2N3O6S2. The number of carbonyl (C=O) groups is 4. The average Bonchev–Trinajstić information content (AvgIpc) is 3.45. The maximum Gasteiger partial charge on any atom is 0.352 e. The zero-order chi connectivity index (χ0) is 29.9. The van der Waals surface area contributed by atoms with Crippen molar-refractivity contribution in [3.8, 4) is 5.75 Å². The van der Waals surface area contributed by atoms with Crippen molar-refractivity contribution in [3.05, 3.63) is 79.1 Å². The van der Waals surface area contributed by atoms with Gasteiger partial charge in [0.25, 0.3) is 5.91 Å². The molecule has 2 aromatic rings. The molecule has 0 spiro atoms. The second-order valence-corrected chi connectivity index (χ2v) is 13.5. The molecule has 13 heteroatoms. The number of carboxylic acid groups (broad SMARTS) is 1. The molecule has 9 nitrogen and oxygen atoms in total. The number of thiophene rings is 1. The quantitative estimate of drug-likeness (QED) is 0.332. The zero-order valence-corrected chi connectivity index (χ0v) is 25.4. The number of thioether (sulfide) groups is 1. The van der Waals surface area contributed by atoms with E-state index in [1.165, 1.54) is 34.1 Å². The van der Waals surface area contributed by atoms with Gasteiger partial charge < -0.3 is 15.2 Å². The molecule has 4 heterocycles. The van der Waals surface area contributed by atoms with Crippen LogP contribution in [-0.2, 0) is 31.0 Å². The van der Waals surface area contributed by atoms with Crippen molar-refractivity contribution < 1.29 is 29.0 Å². The lowest BCUT2D eigenvalue weighted by Gasteiger charge is -2.49. The van der Waals surface area contributed by atoms with Crippen molar-refractivity contribution in [2.45, 2.75) is 37.1 Å². The topological polar surface area (TPSA) is 125 Å². The Morgan fingerprint density at radius 1 is 1.24 bits per heavy atom. The van der Waals surface area contributed by atoms with Gasteiger partial charge in [0.2, 0.25) is 11.7 Å². The van der Waals surface area contributed by atoms with Gasteiger partial charge in [-0.1, -0.05) is 43.1 Å². The number of fused-ring (bicyclic) bond motifs is 3. The lowest BCUT2D eigenvalue weighted by molar-refractivity contribution is -0.150. The Morgan fingerprint density at radius 3 is 2.74 bits per heavy atom. The van der Waals surface area contributed by atoms with Crippen LogP contribution in [0.25, 0.3) is 0 Å². The first kappa shape index (κ1) is 28.7. The third-order valence-electron chi connectivity index (χ3n) is 7.56. The third-order valence-corrected chi connectivity index (χ3v) is 10.4. The van der Waals surface area contributed by atoms with Gasteiger partial charge >= 0.3 is 5.97 Å². The fourth-order valence-electron chi connectivity index (χ4n) is 5.50. The predicted molar refractivity (Wildman–Crippen MR) is 162 cm³/mol. The second-order valence-electron chi connectivity index (χ2n) is 10.6. The first-order chi connectivity index (χ1) is 20.0. The van der Waals surface area contributed by atoms with Crippen molar-refractivity contribution in [2.24, 2.45) is 4.99 Å². The van der Waals surface area contributed by atoms with Crippen LogP contribution in [0.1, 0.15) is 24.3 Å². The van der Waals surface area contributed by atoms with E-state index in [0.29, 0.717) is 34.0 Å².